The molecule has 0 bridgehead atoms. The van der Waals surface area contributed by atoms with E-state index < -0.39 is 10.0 Å². The summed E-state index contributed by atoms with van der Waals surface area (Å²) in [6.07, 6.45) is 0. The summed E-state index contributed by atoms with van der Waals surface area (Å²) in [5, 5.41) is 6.66. The van der Waals surface area contributed by atoms with Crippen molar-refractivity contribution in [1.82, 2.24) is 10.2 Å². The number of aromatic amines is 1. The van der Waals surface area contributed by atoms with Crippen molar-refractivity contribution in [1.29, 1.82) is 0 Å². The number of hydrogen-bond acceptors (Lipinski definition) is 5. The molecule has 1 aromatic heterocycles. The molecule has 0 aliphatic carbocycles. The molecule has 1 aliphatic rings. The first-order valence-electron chi connectivity index (χ1n) is 8.30. The van der Waals surface area contributed by atoms with E-state index in [4.69, 9.17) is 4.74 Å². The minimum absolute atomic E-state index is 0.201. The fourth-order valence-electron chi connectivity index (χ4n) is 3.36. The van der Waals surface area contributed by atoms with Crippen LogP contribution < -0.4 is 9.62 Å². The van der Waals surface area contributed by atoms with Gasteiger partial charge in [0.25, 0.3) is 10.0 Å². The summed E-state index contributed by atoms with van der Waals surface area (Å²) in [4.78, 5) is 2.50. The van der Waals surface area contributed by atoms with Gasteiger partial charge in [-0.05, 0) is 52.0 Å². The molecule has 2 atom stereocenters. The third-order valence-corrected chi connectivity index (χ3v) is 6.06. The SMILES string of the molecule is Cc1n[nH]c(C)c1S(=O)(=O)Nc1ccc(N2C(C)COCC2C)cc1. The fraction of sp³-hybridized carbons (Fsp3) is 0.471. The molecule has 0 amide bonds. The first-order valence-corrected chi connectivity index (χ1v) is 9.78. The number of morpholine rings is 1. The molecule has 2 N–H and O–H groups in total. The molecule has 136 valence electrons. The van der Waals surface area contributed by atoms with Gasteiger partial charge in [-0.3, -0.25) is 9.82 Å². The maximum absolute atomic E-state index is 12.6. The second-order valence-corrected chi connectivity index (χ2v) is 8.18. The zero-order valence-electron chi connectivity index (χ0n) is 14.9. The maximum Gasteiger partial charge on any atom is 0.265 e. The summed E-state index contributed by atoms with van der Waals surface area (Å²) in [6, 6.07) is 8.00. The van der Waals surface area contributed by atoms with Crippen molar-refractivity contribution in [3.63, 3.8) is 0 Å². The van der Waals surface area contributed by atoms with Crippen LogP contribution in [0.2, 0.25) is 0 Å². The quantitative estimate of drug-likeness (QED) is 0.870. The van der Waals surface area contributed by atoms with Crippen LogP contribution in [0.3, 0.4) is 0 Å². The number of benzene rings is 1. The summed E-state index contributed by atoms with van der Waals surface area (Å²) < 4.78 is 33.4. The zero-order valence-corrected chi connectivity index (χ0v) is 15.7. The number of aromatic nitrogens is 2. The Kier molecular flexibility index (Phi) is 4.75. The van der Waals surface area contributed by atoms with E-state index in [1.165, 1.54) is 0 Å². The number of rotatable bonds is 4. The van der Waals surface area contributed by atoms with Crippen molar-refractivity contribution >= 4 is 21.4 Å². The topological polar surface area (TPSA) is 87.3 Å². The van der Waals surface area contributed by atoms with Gasteiger partial charge in [0.05, 0.1) is 24.6 Å². The Hall–Kier alpha value is -2.06. The summed E-state index contributed by atoms with van der Waals surface area (Å²) >= 11 is 0. The third-order valence-electron chi connectivity index (χ3n) is 4.41. The van der Waals surface area contributed by atoms with Crippen LogP contribution in [0.5, 0.6) is 0 Å². The van der Waals surface area contributed by atoms with E-state index in [-0.39, 0.29) is 17.0 Å². The lowest BCUT2D eigenvalue weighted by Crippen LogP contribution is -2.49. The van der Waals surface area contributed by atoms with Gasteiger partial charge in [-0.1, -0.05) is 0 Å². The molecular weight excluding hydrogens is 340 g/mol. The largest absolute Gasteiger partial charge is 0.377 e. The monoisotopic (exact) mass is 364 g/mol. The second kappa shape index (κ2) is 6.68. The number of sulfonamides is 1. The van der Waals surface area contributed by atoms with E-state index in [0.29, 0.717) is 30.3 Å². The van der Waals surface area contributed by atoms with Crippen LogP contribution in [-0.4, -0.2) is 43.9 Å². The number of anilines is 2. The molecular formula is C17H24N4O3S. The second-order valence-electron chi connectivity index (χ2n) is 6.56. The maximum atomic E-state index is 12.6. The van der Waals surface area contributed by atoms with E-state index >= 15 is 0 Å². The molecule has 25 heavy (non-hydrogen) atoms. The highest BCUT2D eigenvalue weighted by molar-refractivity contribution is 7.92. The predicted molar refractivity (Wildman–Crippen MR) is 97.5 cm³/mol. The fourth-order valence-corrected chi connectivity index (χ4v) is 4.79. The molecule has 0 saturated carbocycles. The Morgan fingerprint density at radius 1 is 1.16 bits per heavy atom. The number of hydrogen-bond donors (Lipinski definition) is 2. The van der Waals surface area contributed by atoms with Crippen LogP contribution >= 0.6 is 0 Å². The number of ether oxygens (including phenoxy) is 1. The minimum Gasteiger partial charge on any atom is -0.377 e. The standard InChI is InChI=1S/C17H24N4O3S/c1-11-9-24-10-12(2)21(11)16-7-5-15(6-8-16)20-25(22,23)17-13(3)18-19-14(17)4/h5-8,11-12,20H,9-10H2,1-4H3,(H,18,19). The molecule has 1 fully saturated rings. The van der Waals surface area contributed by atoms with Crippen LogP contribution in [0, 0.1) is 13.8 Å². The number of aryl methyl sites for hydroxylation is 2. The molecule has 2 aromatic rings. The molecule has 2 heterocycles. The minimum atomic E-state index is -3.67. The molecule has 0 radical (unpaired) electrons. The highest BCUT2D eigenvalue weighted by Crippen LogP contribution is 2.26. The van der Waals surface area contributed by atoms with E-state index in [1.54, 1.807) is 26.0 Å². The Morgan fingerprint density at radius 2 is 1.76 bits per heavy atom. The van der Waals surface area contributed by atoms with Crippen molar-refractivity contribution < 1.29 is 13.2 Å². The van der Waals surface area contributed by atoms with Crippen molar-refractivity contribution in [3.8, 4) is 0 Å². The summed E-state index contributed by atoms with van der Waals surface area (Å²) in [7, 11) is -3.67. The van der Waals surface area contributed by atoms with Gasteiger partial charge in [0, 0.05) is 23.5 Å². The normalized spacial score (nSPS) is 21.4. The average molecular weight is 364 g/mol. The highest BCUT2D eigenvalue weighted by Gasteiger charge is 2.26. The lowest BCUT2D eigenvalue weighted by Gasteiger charge is -2.40. The summed E-state index contributed by atoms with van der Waals surface area (Å²) in [5.41, 5.74) is 2.56. The molecule has 3 rings (SSSR count). The van der Waals surface area contributed by atoms with Crippen LogP contribution in [0.25, 0.3) is 0 Å². The highest BCUT2D eigenvalue weighted by atomic mass is 32.2. The van der Waals surface area contributed by atoms with Crippen molar-refractivity contribution in [2.45, 2.75) is 44.7 Å². The molecule has 1 aromatic carbocycles. The van der Waals surface area contributed by atoms with Gasteiger partial charge in [-0.2, -0.15) is 5.10 Å². The van der Waals surface area contributed by atoms with Gasteiger partial charge in [0.1, 0.15) is 4.90 Å². The Morgan fingerprint density at radius 3 is 2.28 bits per heavy atom. The van der Waals surface area contributed by atoms with Gasteiger partial charge in [-0.25, -0.2) is 8.42 Å². The van der Waals surface area contributed by atoms with Crippen LogP contribution in [0.15, 0.2) is 29.2 Å². The van der Waals surface area contributed by atoms with Crippen molar-refractivity contribution in [2.75, 3.05) is 22.8 Å². The molecule has 1 aliphatic heterocycles. The van der Waals surface area contributed by atoms with Gasteiger partial charge in [0.2, 0.25) is 0 Å². The van der Waals surface area contributed by atoms with Crippen molar-refractivity contribution in [3.05, 3.63) is 35.7 Å². The summed E-state index contributed by atoms with van der Waals surface area (Å²) in [6.45, 7) is 8.99. The predicted octanol–water partition coefficient (Wildman–Crippen LogP) is 2.44. The molecule has 0 spiro atoms. The zero-order chi connectivity index (χ0) is 18.2. The molecule has 1 saturated heterocycles. The Labute approximate surface area is 148 Å². The van der Waals surface area contributed by atoms with Gasteiger partial charge in [-0.15, -0.1) is 0 Å². The van der Waals surface area contributed by atoms with Crippen LogP contribution in [0.1, 0.15) is 25.2 Å². The lowest BCUT2D eigenvalue weighted by molar-refractivity contribution is 0.0757. The van der Waals surface area contributed by atoms with E-state index in [2.05, 4.69) is 33.7 Å². The molecule has 7 nitrogen and oxygen atoms in total. The van der Waals surface area contributed by atoms with E-state index in [9.17, 15) is 8.42 Å². The molecule has 8 heteroatoms. The van der Waals surface area contributed by atoms with E-state index in [1.807, 2.05) is 12.1 Å². The third kappa shape index (κ3) is 3.50. The average Bonchev–Trinajstić information content (AvgIpc) is 2.88. The van der Waals surface area contributed by atoms with E-state index in [0.717, 1.165) is 5.69 Å². The first-order chi connectivity index (χ1) is 11.8. The van der Waals surface area contributed by atoms with Crippen LogP contribution in [-0.2, 0) is 14.8 Å². The number of H-pyrrole nitrogens is 1. The smallest absolute Gasteiger partial charge is 0.265 e. The van der Waals surface area contributed by atoms with Crippen molar-refractivity contribution in [2.24, 2.45) is 0 Å². The van der Waals surface area contributed by atoms with Gasteiger partial charge < -0.3 is 9.64 Å². The van der Waals surface area contributed by atoms with Crippen LogP contribution in [0.4, 0.5) is 11.4 Å². The lowest BCUT2D eigenvalue weighted by atomic mass is 10.1. The molecule has 2 unspecified atom stereocenters. The summed E-state index contributed by atoms with van der Waals surface area (Å²) in [5.74, 6) is 0. The first kappa shape index (κ1) is 17.8. The Bertz CT molecular complexity index is 816. The van der Waals surface area contributed by atoms with Gasteiger partial charge >= 0.3 is 0 Å². The number of nitrogens with zero attached hydrogens (tertiary/aromatic N) is 2. The number of nitrogens with one attached hydrogen (secondary N) is 2. The van der Waals surface area contributed by atoms with Gasteiger partial charge in [0.15, 0.2) is 0 Å². The Balaban J connectivity index is 1.81.